The van der Waals surface area contributed by atoms with Crippen molar-refractivity contribution in [3.05, 3.63) is 29.8 Å². The average molecular weight is 373 g/mol. The third-order valence-electron chi connectivity index (χ3n) is 5.55. The molecule has 1 fully saturated rings. The Hall–Kier alpha value is -2.17. The molecule has 5 heteroatoms. The lowest BCUT2D eigenvalue weighted by Gasteiger charge is -2.35. The Bertz CT molecular complexity index is 654. The lowest BCUT2D eigenvalue weighted by molar-refractivity contribution is -0.138. The Kier molecular flexibility index (Phi) is 8.01. The molecule has 2 rings (SSSR count). The summed E-state index contributed by atoms with van der Waals surface area (Å²) < 4.78 is 0. The van der Waals surface area contributed by atoms with Crippen molar-refractivity contribution in [3.63, 3.8) is 0 Å². The average Bonchev–Trinajstić information content (AvgIpc) is 2.66. The summed E-state index contributed by atoms with van der Waals surface area (Å²) in [6.07, 6.45) is 9.01. The van der Waals surface area contributed by atoms with Crippen LogP contribution in [0.4, 0.5) is 5.69 Å². The van der Waals surface area contributed by atoms with Crippen LogP contribution >= 0.6 is 0 Å². The highest BCUT2D eigenvalue weighted by Gasteiger charge is 2.42. The normalized spacial score (nSPS) is 19.6. The van der Waals surface area contributed by atoms with Crippen LogP contribution in [-0.4, -0.2) is 17.7 Å². The molecule has 1 atom stereocenters. The maximum Gasteiger partial charge on any atom is 0.237 e. The summed E-state index contributed by atoms with van der Waals surface area (Å²) in [6.45, 7) is 4.16. The summed E-state index contributed by atoms with van der Waals surface area (Å²) in [7, 11) is 0. The first-order valence-electron chi connectivity index (χ1n) is 10.3. The lowest BCUT2D eigenvalue weighted by atomic mass is 9.72. The van der Waals surface area contributed by atoms with E-state index in [2.05, 4.69) is 17.6 Å². The second kappa shape index (κ2) is 10.2. The van der Waals surface area contributed by atoms with Gasteiger partial charge in [-0.05, 0) is 37.0 Å². The zero-order chi connectivity index (χ0) is 19.7. The van der Waals surface area contributed by atoms with Crippen LogP contribution in [0.25, 0.3) is 0 Å². The van der Waals surface area contributed by atoms with Crippen LogP contribution in [0.2, 0.25) is 0 Å². The van der Waals surface area contributed by atoms with E-state index >= 15 is 0 Å². The summed E-state index contributed by atoms with van der Waals surface area (Å²) in [4.78, 5) is 36.0. The number of benzene rings is 1. The van der Waals surface area contributed by atoms with Gasteiger partial charge in [-0.2, -0.15) is 0 Å². The molecular weight excluding hydrogens is 340 g/mol. The highest BCUT2D eigenvalue weighted by atomic mass is 16.2. The van der Waals surface area contributed by atoms with Gasteiger partial charge in [-0.25, -0.2) is 0 Å². The van der Waals surface area contributed by atoms with E-state index < -0.39 is 5.41 Å². The third-order valence-corrected chi connectivity index (χ3v) is 5.55. The van der Waals surface area contributed by atoms with Crippen molar-refractivity contribution in [2.24, 2.45) is 0 Å². The number of carbonyl (C=O) groups excluding carboxylic acids is 3. The Balaban J connectivity index is 1.88. The van der Waals surface area contributed by atoms with Gasteiger partial charge in [0.2, 0.25) is 17.7 Å². The fourth-order valence-corrected chi connectivity index (χ4v) is 3.73. The molecule has 1 aliphatic heterocycles. The number of hydrogen-bond donors (Lipinski definition) is 2. The molecule has 0 aromatic heterocycles. The fourth-order valence-electron chi connectivity index (χ4n) is 3.73. The van der Waals surface area contributed by atoms with Crippen LogP contribution in [0.1, 0.15) is 83.6 Å². The van der Waals surface area contributed by atoms with Crippen LogP contribution in [0.15, 0.2) is 24.3 Å². The molecule has 1 unspecified atom stereocenters. The molecule has 2 N–H and O–H groups in total. The molecule has 1 aromatic carbocycles. The van der Waals surface area contributed by atoms with Crippen LogP contribution in [0.3, 0.4) is 0 Å². The van der Waals surface area contributed by atoms with Gasteiger partial charge in [0.15, 0.2) is 0 Å². The highest BCUT2D eigenvalue weighted by Crippen LogP contribution is 2.36. The molecule has 1 aromatic rings. The van der Waals surface area contributed by atoms with Crippen molar-refractivity contribution in [1.29, 1.82) is 0 Å². The first-order chi connectivity index (χ1) is 13.0. The van der Waals surface area contributed by atoms with E-state index in [1.165, 1.54) is 25.7 Å². The number of piperidine rings is 1. The number of unbranched alkanes of at least 4 members (excludes halogenated alkanes) is 5. The van der Waals surface area contributed by atoms with Crippen LogP contribution in [-0.2, 0) is 19.8 Å². The van der Waals surface area contributed by atoms with Gasteiger partial charge in [-0.3, -0.25) is 19.7 Å². The summed E-state index contributed by atoms with van der Waals surface area (Å²) in [5.41, 5.74) is 0.978. The van der Waals surface area contributed by atoms with E-state index in [-0.39, 0.29) is 17.7 Å². The van der Waals surface area contributed by atoms with Gasteiger partial charge in [0.1, 0.15) is 0 Å². The molecule has 1 aliphatic rings. The van der Waals surface area contributed by atoms with E-state index in [9.17, 15) is 14.4 Å². The van der Waals surface area contributed by atoms with Gasteiger partial charge >= 0.3 is 0 Å². The minimum Gasteiger partial charge on any atom is -0.326 e. The van der Waals surface area contributed by atoms with Gasteiger partial charge in [0.05, 0.1) is 5.41 Å². The first kappa shape index (κ1) is 21.1. The quantitative estimate of drug-likeness (QED) is 0.470. The van der Waals surface area contributed by atoms with Crippen LogP contribution < -0.4 is 10.6 Å². The van der Waals surface area contributed by atoms with Crippen LogP contribution in [0.5, 0.6) is 0 Å². The van der Waals surface area contributed by atoms with Crippen molar-refractivity contribution in [2.75, 3.05) is 5.32 Å². The molecule has 148 valence electrons. The number of amides is 3. The molecule has 0 spiro atoms. The third kappa shape index (κ3) is 5.65. The van der Waals surface area contributed by atoms with Crippen molar-refractivity contribution in [2.45, 2.75) is 83.5 Å². The smallest absolute Gasteiger partial charge is 0.237 e. The number of nitrogens with one attached hydrogen (secondary N) is 2. The molecule has 3 amide bonds. The van der Waals surface area contributed by atoms with E-state index in [0.29, 0.717) is 25.7 Å². The van der Waals surface area contributed by atoms with Crippen molar-refractivity contribution < 1.29 is 14.4 Å². The van der Waals surface area contributed by atoms with Gasteiger partial charge in [0, 0.05) is 18.5 Å². The lowest BCUT2D eigenvalue weighted by Crippen LogP contribution is -2.51. The van der Waals surface area contributed by atoms with Crippen molar-refractivity contribution >= 4 is 23.4 Å². The molecule has 0 bridgehead atoms. The minimum atomic E-state index is -0.658. The molecule has 0 radical (unpaired) electrons. The van der Waals surface area contributed by atoms with Crippen molar-refractivity contribution in [3.8, 4) is 0 Å². The molecule has 5 nitrogen and oxygen atoms in total. The largest absolute Gasteiger partial charge is 0.326 e. The second-order valence-electron chi connectivity index (χ2n) is 7.46. The number of carbonyl (C=O) groups is 3. The second-order valence-corrected chi connectivity index (χ2v) is 7.46. The molecule has 0 saturated carbocycles. The standard InChI is InChI=1S/C22H32N2O3/c1-3-5-6-7-8-9-10-19(25)23-18-13-11-17(12-14-18)22(4-2)16-15-20(26)24-21(22)27/h11-14H,3-10,15-16H2,1-2H3,(H,23,25)(H,24,26,27). The van der Waals surface area contributed by atoms with Gasteiger partial charge < -0.3 is 5.32 Å². The zero-order valence-electron chi connectivity index (χ0n) is 16.6. The predicted octanol–water partition coefficient (Wildman–Crippen LogP) is 4.46. The van der Waals surface area contributed by atoms with Gasteiger partial charge in [-0.1, -0.05) is 58.1 Å². The monoisotopic (exact) mass is 372 g/mol. The maximum atomic E-state index is 12.4. The summed E-state index contributed by atoms with van der Waals surface area (Å²) in [5.74, 6) is -0.395. The van der Waals surface area contributed by atoms with E-state index in [0.717, 1.165) is 24.1 Å². The summed E-state index contributed by atoms with van der Waals surface area (Å²) >= 11 is 0. The predicted molar refractivity (Wildman–Crippen MR) is 107 cm³/mol. The Morgan fingerprint density at radius 2 is 1.70 bits per heavy atom. The Morgan fingerprint density at radius 1 is 1.04 bits per heavy atom. The number of imide groups is 1. The molecule has 1 saturated heterocycles. The van der Waals surface area contributed by atoms with Crippen molar-refractivity contribution in [1.82, 2.24) is 5.32 Å². The Labute approximate surface area is 162 Å². The van der Waals surface area contributed by atoms with Crippen LogP contribution in [0, 0.1) is 0 Å². The van der Waals surface area contributed by atoms with E-state index in [1.54, 1.807) is 0 Å². The van der Waals surface area contributed by atoms with E-state index in [4.69, 9.17) is 0 Å². The van der Waals surface area contributed by atoms with E-state index in [1.807, 2.05) is 31.2 Å². The molecular formula is C22H32N2O3. The van der Waals surface area contributed by atoms with Gasteiger partial charge in [-0.15, -0.1) is 0 Å². The minimum absolute atomic E-state index is 0.0319. The molecule has 0 aliphatic carbocycles. The topological polar surface area (TPSA) is 75.3 Å². The summed E-state index contributed by atoms with van der Waals surface area (Å²) in [5, 5.41) is 5.39. The molecule has 27 heavy (non-hydrogen) atoms. The number of hydrogen-bond acceptors (Lipinski definition) is 3. The Morgan fingerprint density at radius 3 is 2.33 bits per heavy atom. The highest BCUT2D eigenvalue weighted by molar-refractivity contribution is 6.03. The summed E-state index contributed by atoms with van der Waals surface area (Å²) in [6, 6.07) is 7.46. The zero-order valence-corrected chi connectivity index (χ0v) is 16.6. The van der Waals surface area contributed by atoms with Gasteiger partial charge in [0.25, 0.3) is 0 Å². The SMILES string of the molecule is CCCCCCCCC(=O)Nc1ccc(C2(CC)CCC(=O)NC2=O)cc1. The number of rotatable bonds is 10. The fraction of sp³-hybridized carbons (Fsp3) is 0.591. The number of anilines is 1. The molecule has 1 heterocycles. The maximum absolute atomic E-state index is 12.4. The first-order valence-corrected chi connectivity index (χ1v) is 10.3.